The lowest BCUT2D eigenvalue weighted by Gasteiger charge is -2.07. The van der Waals surface area contributed by atoms with Crippen LogP contribution in [0.15, 0.2) is 59.2 Å². The molecule has 0 aliphatic rings. The number of rotatable bonds is 2. The summed E-state index contributed by atoms with van der Waals surface area (Å²) in [6.07, 6.45) is 1.75. The summed E-state index contributed by atoms with van der Waals surface area (Å²) in [5, 5.41) is 0.974. The van der Waals surface area contributed by atoms with Crippen LogP contribution < -0.4 is 0 Å². The normalized spacial score (nSPS) is 10.7. The second kappa shape index (κ2) is 5.17. The quantitative estimate of drug-likeness (QED) is 0.647. The Bertz CT molecular complexity index is 811. The summed E-state index contributed by atoms with van der Waals surface area (Å²) >= 11 is 3.49. The minimum atomic E-state index is 0.0197. The minimum Gasteiger partial charge on any atom is -0.289 e. The fourth-order valence-corrected chi connectivity index (χ4v) is 2.64. The Hall–Kier alpha value is -2.00. The van der Waals surface area contributed by atoms with Crippen LogP contribution in [0.4, 0.5) is 0 Å². The molecule has 3 aromatic rings. The number of carbonyl (C=O) groups excluding carboxylic acids is 1. The number of nitrogens with zero attached hydrogens (tertiary/aromatic N) is 1. The number of ketones is 1. The third-order valence-electron chi connectivity index (χ3n) is 3.30. The number of aryl methyl sites for hydroxylation is 1. The van der Waals surface area contributed by atoms with Crippen molar-refractivity contribution in [1.82, 2.24) is 4.98 Å². The van der Waals surface area contributed by atoms with Crippen LogP contribution in [0, 0.1) is 6.92 Å². The van der Waals surface area contributed by atoms with Crippen molar-refractivity contribution in [2.75, 3.05) is 0 Å². The molecule has 0 N–H and O–H groups in total. The van der Waals surface area contributed by atoms with Crippen LogP contribution in [-0.2, 0) is 0 Å². The summed E-state index contributed by atoms with van der Waals surface area (Å²) in [7, 11) is 0. The van der Waals surface area contributed by atoms with Gasteiger partial charge in [-0.25, -0.2) is 0 Å². The Labute approximate surface area is 125 Å². The van der Waals surface area contributed by atoms with Gasteiger partial charge in [0.05, 0.1) is 5.52 Å². The average molecular weight is 326 g/mol. The number of aromatic nitrogens is 1. The van der Waals surface area contributed by atoms with E-state index < -0.39 is 0 Å². The van der Waals surface area contributed by atoms with Gasteiger partial charge in [-0.15, -0.1) is 0 Å². The van der Waals surface area contributed by atoms with Crippen LogP contribution in [0.3, 0.4) is 0 Å². The van der Waals surface area contributed by atoms with Gasteiger partial charge in [0.15, 0.2) is 5.78 Å². The lowest BCUT2D eigenvalue weighted by atomic mass is 10.0. The number of fused-ring (bicyclic) bond motifs is 1. The van der Waals surface area contributed by atoms with Gasteiger partial charge in [0.25, 0.3) is 0 Å². The highest BCUT2D eigenvalue weighted by atomic mass is 79.9. The van der Waals surface area contributed by atoms with E-state index >= 15 is 0 Å². The fraction of sp³-hybridized carbons (Fsp3) is 0.0588. The summed E-state index contributed by atoms with van der Waals surface area (Å²) in [5.74, 6) is 0.0197. The molecule has 2 nitrogen and oxygen atoms in total. The van der Waals surface area contributed by atoms with Gasteiger partial charge >= 0.3 is 0 Å². The number of hydrogen-bond acceptors (Lipinski definition) is 2. The van der Waals surface area contributed by atoms with Crippen LogP contribution in [0.5, 0.6) is 0 Å². The first kappa shape index (κ1) is 13.0. The van der Waals surface area contributed by atoms with Gasteiger partial charge in [0, 0.05) is 27.2 Å². The molecular weight excluding hydrogens is 314 g/mol. The van der Waals surface area contributed by atoms with Gasteiger partial charge in [0.2, 0.25) is 0 Å². The Kier molecular flexibility index (Phi) is 3.36. The summed E-state index contributed by atoms with van der Waals surface area (Å²) < 4.78 is 0.858. The van der Waals surface area contributed by atoms with Crippen molar-refractivity contribution in [3.63, 3.8) is 0 Å². The Morgan fingerprint density at radius 1 is 1.10 bits per heavy atom. The second-order valence-electron chi connectivity index (χ2n) is 4.68. The summed E-state index contributed by atoms with van der Waals surface area (Å²) in [6.45, 7) is 1.98. The highest BCUT2D eigenvalue weighted by Gasteiger charge is 2.14. The van der Waals surface area contributed by atoms with E-state index in [2.05, 4.69) is 20.9 Å². The molecule has 0 radical (unpaired) electrons. The van der Waals surface area contributed by atoms with Crippen molar-refractivity contribution in [3.05, 3.63) is 75.9 Å². The minimum absolute atomic E-state index is 0.0197. The van der Waals surface area contributed by atoms with Gasteiger partial charge in [0.1, 0.15) is 0 Å². The molecular formula is C17H12BrNO. The molecule has 0 bridgehead atoms. The van der Waals surface area contributed by atoms with E-state index in [0.29, 0.717) is 11.1 Å². The molecule has 0 aliphatic carbocycles. The largest absolute Gasteiger partial charge is 0.289 e. The molecule has 2 aromatic carbocycles. The van der Waals surface area contributed by atoms with Gasteiger partial charge < -0.3 is 0 Å². The first-order valence-corrected chi connectivity index (χ1v) is 7.11. The highest BCUT2D eigenvalue weighted by Crippen LogP contribution is 2.24. The lowest BCUT2D eigenvalue weighted by Crippen LogP contribution is -2.03. The zero-order valence-corrected chi connectivity index (χ0v) is 12.5. The monoisotopic (exact) mass is 325 g/mol. The highest BCUT2D eigenvalue weighted by molar-refractivity contribution is 9.10. The van der Waals surface area contributed by atoms with Crippen molar-refractivity contribution in [1.29, 1.82) is 0 Å². The van der Waals surface area contributed by atoms with Crippen molar-refractivity contribution >= 4 is 32.6 Å². The van der Waals surface area contributed by atoms with E-state index in [9.17, 15) is 4.79 Å². The molecule has 3 rings (SSSR count). The Morgan fingerprint density at radius 3 is 2.80 bits per heavy atom. The molecule has 0 saturated heterocycles. The van der Waals surface area contributed by atoms with Crippen LogP contribution in [0.25, 0.3) is 10.9 Å². The number of pyridine rings is 1. The van der Waals surface area contributed by atoms with Gasteiger partial charge in [-0.1, -0.05) is 18.2 Å². The van der Waals surface area contributed by atoms with Crippen molar-refractivity contribution in [3.8, 4) is 0 Å². The topological polar surface area (TPSA) is 30.0 Å². The smallest absolute Gasteiger partial charge is 0.194 e. The number of halogens is 1. The molecule has 20 heavy (non-hydrogen) atoms. The van der Waals surface area contributed by atoms with Gasteiger partial charge in [-0.2, -0.15) is 0 Å². The molecule has 0 spiro atoms. The molecule has 0 amide bonds. The first-order chi connectivity index (χ1) is 9.66. The molecule has 1 aromatic heterocycles. The molecule has 0 atom stereocenters. The number of hydrogen-bond donors (Lipinski definition) is 0. The van der Waals surface area contributed by atoms with Gasteiger partial charge in [-0.3, -0.25) is 9.78 Å². The van der Waals surface area contributed by atoms with Crippen LogP contribution in [0.1, 0.15) is 21.5 Å². The van der Waals surface area contributed by atoms with E-state index in [1.165, 1.54) is 0 Å². The summed E-state index contributed by atoms with van der Waals surface area (Å²) in [6, 6.07) is 15.1. The maximum absolute atomic E-state index is 12.6. The van der Waals surface area contributed by atoms with E-state index in [-0.39, 0.29) is 5.78 Å². The Balaban J connectivity index is 2.10. The van der Waals surface area contributed by atoms with Crippen LogP contribution in [0.2, 0.25) is 0 Å². The van der Waals surface area contributed by atoms with E-state index in [1.807, 2.05) is 55.5 Å². The SMILES string of the molecule is Cc1cccc(C(=O)c2ccc3ncccc3c2)c1Br. The predicted molar refractivity (Wildman–Crippen MR) is 84.1 cm³/mol. The standard InChI is InChI=1S/C17H12BrNO/c1-11-4-2-6-14(16(11)18)17(20)13-7-8-15-12(10-13)5-3-9-19-15/h2-10H,1H3. The zero-order valence-electron chi connectivity index (χ0n) is 10.9. The third-order valence-corrected chi connectivity index (χ3v) is 4.35. The maximum atomic E-state index is 12.6. The van der Waals surface area contributed by atoms with Crippen LogP contribution >= 0.6 is 15.9 Å². The zero-order chi connectivity index (χ0) is 14.1. The fourth-order valence-electron chi connectivity index (χ4n) is 2.20. The lowest BCUT2D eigenvalue weighted by molar-refractivity contribution is 0.103. The molecule has 98 valence electrons. The number of benzene rings is 2. The van der Waals surface area contributed by atoms with Crippen LogP contribution in [-0.4, -0.2) is 10.8 Å². The van der Waals surface area contributed by atoms with E-state index in [1.54, 1.807) is 6.20 Å². The summed E-state index contributed by atoms with van der Waals surface area (Å²) in [4.78, 5) is 16.9. The third kappa shape index (κ3) is 2.25. The van der Waals surface area contributed by atoms with Crippen molar-refractivity contribution < 1.29 is 4.79 Å². The maximum Gasteiger partial charge on any atom is 0.194 e. The molecule has 0 unspecified atom stereocenters. The average Bonchev–Trinajstić information content (AvgIpc) is 2.49. The summed E-state index contributed by atoms with van der Waals surface area (Å²) in [5.41, 5.74) is 3.32. The second-order valence-corrected chi connectivity index (χ2v) is 5.47. The molecule has 0 fully saturated rings. The van der Waals surface area contributed by atoms with Gasteiger partial charge in [-0.05, 0) is 58.7 Å². The van der Waals surface area contributed by atoms with Crippen molar-refractivity contribution in [2.24, 2.45) is 0 Å². The molecule has 0 saturated carbocycles. The predicted octanol–water partition coefficient (Wildman–Crippen LogP) is 4.54. The molecule has 1 heterocycles. The molecule has 3 heteroatoms. The van der Waals surface area contributed by atoms with E-state index in [0.717, 1.165) is 20.9 Å². The molecule has 0 aliphatic heterocycles. The van der Waals surface area contributed by atoms with E-state index in [4.69, 9.17) is 0 Å². The van der Waals surface area contributed by atoms with Crippen molar-refractivity contribution in [2.45, 2.75) is 6.92 Å². The number of carbonyl (C=O) groups is 1. The first-order valence-electron chi connectivity index (χ1n) is 6.31. The Morgan fingerprint density at radius 2 is 1.95 bits per heavy atom.